The van der Waals surface area contributed by atoms with Gasteiger partial charge in [-0.25, -0.2) is 9.87 Å². The predicted molar refractivity (Wildman–Crippen MR) is 155 cm³/mol. The highest BCUT2D eigenvalue weighted by molar-refractivity contribution is 14.1. The highest BCUT2D eigenvalue weighted by atomic mass is 127. The van der Waals surface area contributed by atoms with Crippen molar-refractivity contribution in [2.75, 3.05) is 32.6 Å². The van der Waals surface area contributed by atoms with Gasteiger partial charge in [0.15, 0.2) is 0 Å². The van der Waals surface area contributed by atoms with Crippen molar-refractivity contribution in [1.82, 2.24) is 19.3 Å². The predicted octanol–water partition coefficient (Wildman–Crippen LogP) is 4.76. The number of carbonyl (C=O) groups excluding carboxylic acids is 1. The van der Waals surface area contributed by atoms with Crippen molar-refractivity contribution in [3.8, 4) is 0 Å². The third kappa shape index (κ3) is 6.18. The Morgan fingerprint density at radius 2 is 2.00 bits per heavy atom. The maximum atomic E-state index is 14.8. The van der Waals surface area contributed by atoms with Crippen LogP contribution in [0.5, 0.6) is 0 Å². The molecule has 4 aromatic rings. The van der Waals surface area contributed by atoms with Crippen LogP contribution in [0.4, 0.5) is 15.8 Å². The molecule has 0 saturated heterocycles. The zero-order valence-corrected chi connectivity index (χ0v) is 23.3. The molecule has 2 aromatic carbocycles. The lowest BCUT2D eigenvalue weighted by Crippen LogP contribution is -2.28. The van der Waals surface area contributed by atoms with Gasteiger partial charge < -0.3 is 15.0 Å². The van der Waals surface area contributed by atoms with E-state index in [9.17, 15) is 9.18 Å². The van der Waals surface area contributed by atoms with Gasteiger partial charge in [-0.2, -0.15) is 0 Å². The molecule has 0 fully saturated rings. The number of pyridine rings is 1. The van der Waals surface area contributed by atoms with E-state index in [2.05, 4.69) is 26.0 Å². The molecule has 2 aromatic heterocycles. The number of nitrogens with zero attached hydrogens (tertiary/aromatic N) is 3. The second-order valence-corrected chi connectivity index (χ2v) is 11.5. The molecular formula is C26H27FIN5O3S. The lowest BCUT2D eigenvalue weighted by Gasteiger charge is -2.16. The van der Waals surface area contributed by atoms with Crippen LogP contribution in [-0.4, -0.2) is 58.0 Å². The van der Waals surface area contributed by atoms with Crippen LogP contribution in [-0.2, 0) is 11.4 Å². The van der Waals surface area contributed by atoms with Gasteiger partial charge in [0.1, 0.15) is 11.5 Å². The summed E-state index contributed by atoms with van der Waals surface area (Å²) >= 11 is 2.04. The van der Waals surface area contributed by atoms with Crippen LogP contribution in [0.1, 0.15) is 16.1 Å². The second-order valence-electron chi connectivity index (χ2n) is 8.28. The minimum Gasteiger partial charge on any atom is -0.394 e. The van der Waals surface area contributed by atoms with Crippen LogP contribution >= 0.6 is 33.3 Å². The van der Waals surface area contributed by atoms with Gasteiger partial charge >= 0.3 is 0 Å². The monoisotopic (exact) mass is 635 g/mol. The molecule has 194 valence electrons. The van der Waals surface area contributed by atoms with Crippen molar-refractivity contribution in [3.63, 3.8) is 0 Å². The fraction of sp³-hybridized carbons (Fsp3) is 0.192. The molecule has 0 bridgehead atoms. The maximum Gasteiger partial charge on any atom is 0.293 e. The standard InChI is InChI=1S/C26H27FIN5O3S/c1-32(2)37(3)19-7-4-17(5-8-19)16-33-23-10-11-29-15-20(23)24(25(33)26(35)31-36-13-12-34)30-22-9-6-18(28)14-21(22)27/h4-11,14-15,30,34H,3,12-13,16H2,1-2H3,(H,31,35). The molecule has 2 heterocycles. The first kappa shape index (κ1) is 27.2. The summed E-state index contributed by atoms with van der Waals surface area (Å²) < 4.78 is 19.4. The Morgan fingerprint density at radius 3 is 2.68 bits per heavy atom. The number of fused-ring (bicyclic) bond motifs is 1. The number of anilines is 2. The normalized spacial score (nSPS) is 12.2. The van der Waals surface area contributed by atoms with E-state index in [1.54, 1.807) is 24.5 Å². The largest absolute Gasteiger partial charge is 0.394 e. The first-order valence-corrected chi connectivity index (χ1v) is 13.7. The fourth-order valence-electron chi connectivity index (χ4n) is 3.81. The number of aromatic nitrogens is 2. The van der Waals surface area contributed by atoms with Crippen molar-refractivity contribution in [2.45, 2.75) is 11.4 Å². The third-order valence-electron chi connectivity index (χ3n) is 5.61. The first-order valence-electron chi connectivity index (χ1n) is 11.3. The molecule has 1 unspecified atom stereocenters. The maximum absolute atomic E-state index is 14.8. The summed E-state index contributed by atoms with van der Waals surface area (Å²) in [6, 6.07) is 14.7. The van der Waals surface area contributed by atoms with E-state index in [0.717, 1.165) is 19.5 Å². The Kier molecular flexibility index (Phi) is 8.92. The highest BCUT2D eigenvalue weighted by Crippen LogP contribution is 2.35. The van der Waals surface area contributed by atoms with E-state index >= 15 is 0 Å². The smallest absolute Gasteiger partial charge is 0.293 e. The Morgan fingerprint density at radius 1 is 1.24 bits per heavy atom. The van der Waals surface area contributed by atoms with Crippen LogP contribution in [0.3, 0.4) is 0 Å². The SMILES string of the molecule is C=S(c1ccc(Cn2c(C(=O)NOCCO)c(Nc3ccc(I)cc3F)c3cnccc32)cc1)N(C)C. The molecule has 3 N–H and O–H groups in total. The van der Waals surface area contributed by atoms with Crippen molar-refractivity contribution >= 4 is 67.3 Å². The molecule has 1 amide bonds. The van der Waals surface area contributed by atoms with Gasteiger partial charge in [0.25, 0.3) is 5.91 Å². The van der Waals surface area contributed by atoms with E-state index < -0.39 is 11.7 Å². The molecule has 4 rings (SSSR count). The van der Waals surface area contributed by atoms with Crippen LogP contribution in [0.15, 0.2) is 65.8 Å². The average molecular weight is 636 g/mol. The summed E-state index contributed by atoms with van der Waals surface area (Å²) in [5, 5.41) is 12.8. The summed E-state index contributed by atoms with van der Waals surface area (Å²) in [5.41, 5.74) is 4.96. The number of hydroxylamine groups is 1. The molecule has 0 radical (unpaired) electrons. The zero-order valence-electron chi connectivity index (χ0n) is 20.4. The fourth-order valence-corrected chi connectivity index (χ4v) is 5.13. The molecule has 37 heavy (non-hydrogen) atoms. The summed E-state index contributed by atoms with van der Waals surface area (Å²) in [4.78, 5) is 23.8. The lowest BCUT2D eigenvalue weighted by molar-refractivity contribution is 0.0163. The quantitative estimate of drug-likeness (QED) is 0.101. The van der Waals surface area contributed by atoms with Crippen molar-refractivity contribution in [3.05, 3.63) is 81.6 Å². The van der Waals surface area contributed by atoms with E-state index in [1.807, 2.05) is 71.6 Å². The van der Waals surface area contributed by atoms with Crippen molar-refractivity contribution in [1.29, 1.82) is 0 Å². The van der Waals surface area contributed by atoms with Crippen molar-refractivity contribution in [2.24, 2.45) is 0 Å². The van der Waals surface area contributed by atoms with Gasteiger partial charge in [0.2, 0.25) is 0 Å². The Labute approximate surface area is 230 Å². The Hall–Kier alpha value is -2.84. The minimum atomic E-state index is -0.540. The average Bonchev–Trinajstić information content (AvgIpc) is 3.18. The van der Waals surface area contributed by atoms with Crippen LogP contribution in [0, 0.1) is 9.39 Å². The van der Waals surface area contributed by atoms with Gasteiger partial charge in [-0.05, 0) is 78.6 Å². The number of aliphatic hydroxyl groups is 1. The third-order valence-corrected chi connectivity index (χ3v) is 7.97. The van der Waals surface area contributed by atoms with E-state index in [0.29, 0.717) is 17.6 Å². The number of rotatable bonds is 10. The number of carbonyl (C=O) groups is 1. The van der Waals surface area contributed by atoms with Gasteiger partial charge in [0, 0.05) is 32.8 Å². The number of hydrogen-bond donors (Lipinski definition) is 3. The summed E-state index contributed by atoms with van der Waals surface area (Å²) in [7, 11) is 3.69. The molecule has 1 atom stereocenters. The van der Waals surface area contributed by atoms with E-state index in [-0.39, 0.29) is 35.3 Å². The van der Waals surface area contributed by atoms with Gasteiger partial charge in [-0.3, -0.25) is 18.9 Å². The zero-order chi connectivity index (χ0) is 26.5. The molecule has 8 nitrogen and oxygen atoms in total. The molecule has 11 heteroatoms. The summed E-state index contributed by atoms with van der Waals surface area (Å²) in [6.45, 7) is 0.0506. The first-order chi connectivity index (χ1) is 17.8. The van der Waals surface area contributed by atoms with Crippen LogP contribution in [0.25, 0.3) is 10.9 Å². The Balaban J connectivity index is 1.81. The van der Waals surface area contributed by atoms with Crippen molar-refractivity contribution < 1.29 is 19.1 Å². The van der Waals surface area contributed by atoms with Gasteiger partial charge in [-0.15, -0.1) is 0 Å². The molecule has 0 saturated carbocycles. The lowest BCUT2D eigenvalue weighted by atomic mass is 10.2. The highest BCUT2D eigenvalue weighted by Gasteiger charge is 2.24. The second kappa shape index (κ2) is 12.1. The minimum absolute atomic E-state index is 0.0671. The number of hydrogen-bond acceptors (Lipinski definition) is 6. The molecule has 0 spiro atoms. The van der Waals surface area contributed by atoms with Gasteiger partial charge in [0.05, 0.1) is 30.1 Å². The summed E-state index contributed by atoms with van der Waals surface area (Å²) in [6.07, 6.45) is 3.28. The van der Waals surface area contributed by atoms with Crippen LogP contribution < -0.4 is 10.8 Å². The summed E-state index contributed by atoms with van der Waals surface area (Å²) in [5.74, 6) is 3.22. The molecule has 0 aliphatic heterocycles. The number of nitrogens with one attached hydrogen (secondary N) is 2. The molecule has 0 aliphatic rings. The number of benzene rings is 2. The van der Waals surface area contributed by atoms with Crippen LogP contribution in [0.2, 0.25) is 0 Å². The number of halogens is 2. The molecular weight excluding hydrogens is 608 g/mol. The Bertz CT molecular complexity index is 1440. The number of aliphatic hydroxyl groups excluding tert-OH is 1. The van der Waals surface area contributed by atoms with Gasteiger partial charge in [-0.1, -0.05) is 28.7 Å². The van der Waals surface area contributed by atoms with E-state index in [4.69, 9.17) is 9.94 Å². The number of amides is 1. The topological polar surface area (TPSA) is 91.7 Å². The molecule has 0 aliphatic carbocycles. The van der Waals surface area contributed by atoms with E-state index in [1.165, 1.54) is 6.07 Å².